The van der Waals surface area contributed by atoms with Gasteiger partial charge in [0.15, 0.2) is 6.10 Å². The highest BCUT2D eigenvalue weighted by molar-refractivity contribution is 6.00. The van der Waals surface area contributed by atoms with Crippen molar-refractivity contribution in [1.82, 2.24) is 0 Å². The van der Waals surface area contributed by atoms with Crippen molar-refractivity contribution in [2.75, 3.05) is 6.61 Å². The maximum absolute atomic E-state index is 12.4. The zero-order valence-electron chi connectivity index (χ0n) is 20.0. The minimum absolute atomic E-state index is 0.422. The van der Waals surface area contributed by atoms with Crippen LogP contribution in [0.15, 0.2) is 48.5 Å². The molecule has 2 rings (SSSR count). The fourth-order valence-corrected chi connectivity index (χ4v) is 3.49. The lowest BCUT2D eigenvalue weighted by atomic mass is 10.0. The van der Waals surface area contributed by atoms with Gasteiger partial charge in [-0.1, -0.05) is 63.8 Å². The third-order valence-electron chi connectivity index (χ3n) is 5.59. The summed E-state index contributed by atoms with van der Waals surface area (Å²) < 4.78 is 11.2. The van der Waals surface area contributed by atoms with Gasteiger partial charge in [-0.3, -0.25) is 4.79 Å². The van der Waals surface area contributed by atoms with Gasteiger partial charge in [-0.15, -0.1) is 6.42 Å². The summed E-state index contributed by atoms with van der Waals surface area (Å²) in [4.78, 5) is 24.3. The fourth-order valence-electron chi connectivity index (χ4n) is 3.49. The monoisotopic (exact) mass is 448 g/mol. The second-order valence-corrected chi connectivity index (χ2v) is 8.29. The molecule has 0 aliphatic rings. The SMILES string of the molecule is C#CC(=O)C(CCCC)OC(=O)c1ccc(CCc2ccc(OCCCCCC)cc2)cc1. The van der Waals surface area contributed by atoms with E-state index in [2.05, 4.69) is 25.0 Å². The molecule has 0 aliphatic heterocycles. The van der Waals surface area contributed by atoms with Crippen molar-refractivity contribution in [3.63, 3.8) is 0 Å². The van der Waals surface area contributed by atoms with Crippen molar-refractivity contribution in [2.24, 2.45) is 0 Å². The quantitative estimate of drug-likeness (QED) is 0.138. The van der Waals surface area contributed by atoms with Crippen molar-refractivity contribution in [3.8, 4) is 18.1 Å². The van der Waals surface area contributed by atoms with Gasteiger partial charge in [0.05, 0.1) is 12.2 Å². The van der Waals surface area contributed by atoms with Crippen LogP contribution in [0.2, 0.25) is 0 Å². The molecule has 0 N–H and O–H groups in total. The highest BCUT2D eigenvalue weighted by Gasteiger charge is 2.21. The highest BCUT2D eigenvalue weighted by Crippen LogP contribution is 2.16. The Hall–Kier alpha value is -3.06. The van der Waals surface area contributed by atoms with E-state index in [0.717, 1.165) is 50.0 Å². The number of rotatable bonds is 15. The Labute approximate surface area is 198 Å². The van der Waals surface area contributed by atoms with E-state index in [1.807, 2.05) is 31.2 Å². The maximum Gasteiger partial charge on any atom is 0.338 e. The normalized spacial score (nSPS) is 11.4. The van der Waals surface area contributed by atoms with Gasteiger partial charge in [-0.05, 0) is 73.4 Å². The largest absolute Gasteiger partial charge is 0.494 e. The minimum atomic E-state index is -0.870. The van der Waals surface area contributed by atoms with Crippen LogP contribution in [-0.2, 0) is 22.4 Å². The molecule has 0 bridgehead atoms. The van der Waals surface area contributed by atoms with Gasteiger partial charge in [-0.25, -0.2) is 4.79 Å². The predicted molar refractivity (Wildman–Crippen MR) is 132 cm³/mol. The van der Waals surface area contributed by atoms with E-state index < -0.39 is 17.9 Å². The second kappa shape index (κ2) is 14.9. The first-order chi connectivity index (χ1) is 16.1. The molecular formula is C29H36O4. The molecule has 0 heterocycles. The number of benzene rings is 2. The Morgan fingerprint density at radius 3 is 2.03 bits per heavy atom. The number of carbonyl (C=O) groups is 2. The molecule has 4 nitrogen and oxygen atoms in total. The van der Waals surface area contributed by atoms with Gasteiger partial charge in [-0.2, -0.15) is 0 Å². The van der Waals surface area contributed by atoms with Crippen molar-refractivity contribution >= 4 is 11.8 Å². The first-order valence-corrected chi connectivity index (χ1v) is 12.1. The number of aryl methyl sites for hydroxylation is 2. The molecule has 1 atom stereocenters. The molecule has 0 spiro atoms. The van der Waals surface area contributed by atoms with Crippen LogP contribution in [0.3, 0.4) is 0 Å². The number of ketones is 1. The van der Waals surface area contributed by atoms with Crippen LogP contribution >= 0.6 is 0 Å². The smallest absolute Gasteiger partial charge is 0.338 e. The number of terminal acetylenes is 1. The van der Waals surface area contributed by atoms with Crippen molar-refractivity contribution in [1.29, 1.82) is 0 Å². The Morgan fingerprint density at radius 1 is 0.848 bits per heavy atom. The number of esters is 1. The molecule has 0 aliphatic carbocycles. The summed E-state index contributed by atoms with van der Waals surface area (Å²) in [7, 11) is 0. The van der Waals surface area contributed by atoms with Crippen LogP contribution < -0.4 is 4.74 Å². The van der Waals surface area contributed by atoms with Crippen molar-refractivity contribution < 1.29 is 19.1 Å². The lowest BCUT2D eigenvalue weighted by Crippen LogP contribution is -2.26. The average Bonchev–Trinajstić information content (AvgIpc) is 2.85. The molecule has 0 radical (unpaired) electrons. The highest BCUT2D eigenvalue weighted by atomic mass is 16.5. The van der Waals surface area contributed by atoms with E-state index in [9.17, 15) is 9.59 Å². The van der Waals surface area contributed by atoms with Crippen molar-refractivity contribution in [2.45, 2.75) is 77.7 Å². The molecule has 1 unspecified atom stereocenters. The predicted octanol–water partition coefficient (Wildman–Crippen LogP) is 6.35. The van der Waals surface area contributed by atoms with Gasteiger partial charge >= 0.3 is 5.97 Å². The second-order valence-electron chi connectivity index (χ2n) is 8.29. The number of Topliss-reactive ketones (excluding diaryl/α,β-unsaturated/α-hetero) is 1. The van der Waals surface area contributed by atoms with E-state index in [-0.39, 0.29) is 0 Å². The third kappa shape index (κ3) is 9.53. The molecule has 0 saturated heterocycles. The molecule has 176 valence electrons. The van der Waals surface area contributed by atoms with Gasteiger partial charge in [0.1, 0.15) is 5.75 Å². The van der Waals surface area contributed by atoms with E-state index in [1.54, 1.807) is 12.1 Å². The summed E-state index contributed by atoms with van der Waals surface area (Å²) >= 11 is 0. The fraction of sp³-hybridized carbons (Fsp3) is 0.448. The van der Waals surface area contributed by atoms with Gasteiger partial charge in [0.2, 0.25) is 5.78 Å². The molecule has 0 amide bonds. The Balaban J connectivity index is 1.82. The molecule has 33 heavy (non-hydrogen) atoms. The zero-order valence-corrected chi connectivity index (χ0v) is 20.0. The topological polar surface area (TPSA) is 52.6 Å². The van der Waals surface area contributed by atoms with Crippen LogP contribution in [0.4, 0.5) is 0 Å². The summed E-state index contributed by atoms with van der Waals surface area (Å²) in [6.07, 6.45) is 13.0. The number of unbranched alkanes of at least 4 members (excludes halogenated alkanes) is 4. The summed E-state index contributed by atoms with van der Waals surface area (Å²) in [6, 6.07) is 15.6. The van der Waals surface area contributed by atoms with Gasteiger partial charge in [0, 0.05) is 0 Å². The number of carbonyl (C=O) groups excluding carboxylic acids is 2. The van der Waals surface area contributed by atoms with E-state index in [1.165, 1.54) is 24.8 Å². The Bertz CT molecular complexity index is 891. The molecular weight excluding hydrogens is 412 g/mol. The van der Waals surface area contributed by atoms with Crippen LogP contribution in [0.25, 0.3) is 0 Å². The number of hydrogen-bond donors (Lipinski definition) is 0. The lowest BCUT2D eigenvalue weighted by Gasteiger charge is -2.14. The van der Waals surface area contributed by atoms with Crippen LogP contribution in [0.1, 0.15) is 80.3 Å². The van der Waals surface area contributed by atoms with Crippen LogP contribution in [-0.4, -0.2) is 24.5 Å². The average molecular weight is 449 g/mol. The standard InChI is InChI=1S/C29H36O4/c1-4-7-9-10-22-32-26-20-16-24(17-21-26)13-12-23-14-18-25(19-15-23)29(31)33-28(11-8-5-2)27(30)6-3/h3,14-21,28H,4-5,7-13,22H2,1-2H3. The number of ether oxygens (including phenoxy) is 2. The van der Waals surface area contributed by atoms with Crippen molar-refractivity contribution in [3.05, 3.63) is 65.2 Å². The molecule has 4 heteroatoms. The van der Waals surface area contributed by atoms with E-state index in [0.29, 0.717) is 12.0 Å². The molecule has 0 aromatic heterocycles. The summed E-state index contributed by atoms with van der Waals surface area (Å²) in [6.45, 7) is 4.98. The lowest BCUT2D eigenvalue weighted by molar-refractivity contribution is -0.122. The van der Waals surface area contributed by atoms with E-state index >= 15 is 0 Å². The molecule has 2 aromatic rings. The summed E-state index contributed by atoms with van der Waals surface area (Å²) in [5.41, 5.74) is 2.79. The van der Waals surface area contributed by atoms with Gasteiger partial charge < -0.3 is 9.47 Å². The molecule has 0 saturated carbocycles. The minimum Gasteiger partial charge on any atom is -0.494 e. The van der Waals surface area contributed by atoms with Crippen LogP contribution in [0.5, 0.6) is 5.75 Å². The van der Waals surface area contributed by atoms with Gasteiger partial charge in [0.25, 0.3) is 0 Å². The molecule has 2 aromatic carbocycles. The zero-order chi connectivity index (χ0) is 23.9. The van der Waals surface area contributed by atoms with E-state index in [4.69, 9.17) is 15.9 Å². The Kier molecular flexibility index (Phi) is 11.8. The summed E-state index contributed by atoms with van der Waals surface area (Å²) in [5.74, 6) is 1.98. The summed E-state index contributed by atoms with van der Waals surface area (Å²) in [5, 5.41) is 0. The molecule has 0 fully saturated rings. The van der Waals surface area contributed by atoms with Crippen LogP contribution in [0, 0.1) is 12.3 Å². The maximum atomic E-state index is 12.4. The first-order valence-electron chi connectivity index (χ1n) is 12.1. The third-order valence-corrected chi connectivity index (χ3v) is 5.59. The number of hydrogen-bond acceptors (Lipinski definition) is 4. The Morgan fingerprint density at radius 2 is 1.45 bits per heavy atom. The first kappa shape index (κ1) is 26.2.